The van der Waals surface area contributed by atoms with E-state index >= 15 is 0 Å². The van der Waals surface area contributed by atoms with Crippen LogP contribution in [0.5, 0.6) is 0 Å². The summed E-state index contributed by atoms with van der Waals surface area (Å²) in [5.41, 5.74) is 6.22. The normalized spacial score (nSPS) is 12.4. The summed E-state index contributed by atoms with van der Waals surface area (Å²) in [5.74, 6) is -0.346. The predicted molar refractivity (Wildman–Crippen MR) is 83.3 cm³/mol. The van der Waals surface area contributed by atoms with Crippen molar-refractivity contribution in [3.63, 3.8) is 0 Å². The van der Waals surface area contributed by atoms with Gasteiger partial charge in [-0.05, 0) is 52.3 Å². The van der Waals surface area contributed by atoms with Crippen LogP contribution >= 0.6 is 0 Å². The summed E-state index contributed by atoms with van der Waals surface area (Å²) < 4.78 is 10.1. The smallest absolute Gasteiger partial charge is 0.422 e. The highest BCUT2D eigenvalue weighted by atomic mass is 16.6. The Morgan fingerprint density at radius 2 is 1.77 bits per heavy atom. The molecule has 1 atom stereocenters. The fourth-order valence-electron chi connectivity index (χ4n) is 1.68. The van der Waals surface area contributed by atoms with Crippen LogP contribution in [0.15, 0.2) is 24.3 Å². The molecule has 0 radical (unpaired) electrons. The van der Waals surface area contributed by atoms with Crippen molar-refractivity contribution in [2.75, 3.05) is 6.61 Å². The second-order valence-corrected chi connectivity index (χ2v) is 5.84. The van der Waals surface area contributed by atoms with Gasteiger partial charge in [-0.15, -0.1) is 0 Å². The summed E-state index contributed by atoms with van der Waals surface area (Å²) in [6.45, 7) is 9.38. The van der Waals surface area contributed by atoms with E-state index in [0.717, 1.165) is 5.56 Å². The molecule has 0 aliphatic rings. The molecule has 0 saturated carbocycles. The highest BCUT2D eigenvalue weighted by molar-refractivity contribution is 5.89. The molecule has 2 N–H and O–H groups in total. The molecule has 1 aromatic carbocycles. The van der Waals surface area contributed by atoms with E-state index in [4.69, 9.17) is 9.47 Å². The van der Waals surface area contributed by atoms with Gasteiger partial charge in [0.15, 0.2) is 0 Å². The summed E-state index contributed by atoms with van der Waals surface area (Å²) in [6, 6.07) is 6.86. The first kappa shape index (κ1) is 18.0. The minimum atomic E-state index is -0.545. The van der Waals surface area contributed by atoms with E-state index < -0.39 is 11.7 Å². The number of carbonyl (C=O) groups excluding carboxylic acids is 2. The third-order valence-electron chi connectivity index (χ3n) is 2.71. The SMILES string of the molecule is CCOC(=O)c1ccc([C@H](C)NNC(=O)OC(C)(C)C)cc1. The van der Waals surface area contributed by atoms with Gasteiger partial charge >= 0.3 is 12.1 Å². The van der Waals surface area contributed by atoms with Gasteiger partial charge in [-0.3, -0.25) is 5.43 Å². The highest BCUT2D eigenvalue weighted by Gasteiger charge is 2.16. The average molecular weight is 308 g/mol. The number of amides is 1. The molecule has 0 aromatic heterocycles. The van der Waals surface area contributed by atoms with E-state index in [1.807, 2.05) is 6.92 Å². The number of rotatable bonds is 5. The molecule has 122 valence electrons. The first-order valence-electron chi connectivity index (χ1n) is 7.24. The van der Waals surface area contributed by atoms with Gasteiger partial charge in [0.25, 0.3) is 0 Å². The molecule has 0 spiro atoms. The minimum absolute atomic E-state index is 0.135. The van der Waals surface area contributed by atoms with Crippen molar-refractivity contribution < 1.29 is 19.1 Å². The Hall–Kier alpha value is -2.08. The molecule has 0 aliphatic heterocycles. The lowest BCUT2D eigenvalue weighted by Crippen LogP contribution is -2.42. The van der Waals surface area contributed by atoms with E-state index in [9.17, 15) is 9.59 Å². The number of hydrogen-bond donors (Lipinski definition) is 2. The van der Waals surface area contributed by atoms with Crippen LogP contribution in [0.25, 0.3) is 0 Å². The molecule has 6 heteroatoms. The van der Waals surface area contributed by atoms with Crippen molar-refractivity contribution in [2.45, 2.75) is 46.3 Å². The molecule has 0 heterocycles. The van der Waals surface area contributed by atoms with Crippen molar-refractivity contribution in [3.8, 4) is 0 Å². The van der Waals surface area contributed by atoms with Crippen LogP contribution in [0.4, 0.5) is 4.79 Å². The second kappa shape index (κ2) is 7.79. The molecular formula is C16H24N2O4. The number of hydrogen-bond acceptors (Lipinski definition) is 5. The summed E-state index contributed by atoms with van der Waals surface area (Å²) in [5, 5.41) is 0. The van der Waals surface area contributed by atoms with Crippen molar-refractivity contribution >= 4 is 12.1 Å². The number of benzene rings is 1. The summed E-state index contributed by atoms with van der Waals surface area (Å²) >= 11 is 0. The zero-order chi connectivity index (χ0) is 16.8. The molecule has 0 bridgehead atoms. The predicted octanol–water partition coefficient (Wildman–Crippen LogP) is 2.95. The Morgan fingerprint density at radius 3 is 2.27 bits per heavy atom. The molecule has 22 heavy (non-hydrogen) atoms. The molecule has 0 saturated heterocycles. The molecular weight excluding hydrogens is 284 g/mol. The van der Waals surface area contributed by atoms with Crippen molar-refractivity contribution in [2.24, 2.45) is 0 Å². The molecule has 0 fully saturated rings. The quantitative estimate of drug-likeness (QED) is 0.646. The van der Waals surface area contributed by atoms with E-state index in [2.05, 4.69) is 10.9 Å². The zero-order valence-corrected chi connectivity index (χ0v) is 13.7. The van der Waals surface area contributed by atoms with Crippen LogP contribution in [0, 0.1) is 0 Å². The average Bonchev–Trinajstić information content (AvgIpc) is 2.43. The van der Waals surface area contributed by atoms with Gasteiger partial charge in [-0.1, -0.05) is 12.1 Å². The Kier molecular flexibility index (Phi) is 6.37. The largest absolute Gasteiger partial charge is 0.462 e. The molecule has 0 unspecified atom stereocenters. The monoisotopic (exact) mass is 308 g/mol. The van der Waals surface area contributed by atoms with Gasteiger partial charge in [0, 0.05) is 6.04 Å². The van der Waals surface area contributed by atoms with E-state index in [-0.39, 0.29) is 12.0 Å². The van der Waals surface area contributed by atoms with Crippen LogP contribution in [0.2, 0.25) is 0 Å². The van der Waals surface area contributed by atoms with Crippen LogP contribution in [-0.4, -0.2) is 24.3 Å². The zero-order valence-electron chi connectivity index (χ0n) is 13.7. The third kappa shape index (κ3) is 6.13. The van der Waals surface area contributed by atoms with Crippen LogP contribution in [0.1, 0.15) is 56.6 Å². The van der Waals surface area contributed by atoms with E-state index in [1.54, 1.807) is 52.0 Å². The molecule has 6 nitrogen and oxygen atoms in total. The maximum Gasteiger partial charge on any atom is 0.422 e. The summed E-state index contributed by atoms with van der Waals surface area (Å²) in [6.07, 6.45) is -0.539. The fourth-order valence-corrected chi connectivity index (χ4v) is 1.68. The second-order valence-electron chi connectivity index (χ2n) is 5.84. The van der Waals surface area contributed by atoms with Crippen LogP contribution in [-0.2, 0) is 9.47 Å². The third-order valence-corrected chi connectivity index (χ3v) is 2.71. The molecule has 1 amide bonds. The van der Waals surface area contributed by atoms with Gasteiger partial charge in [0.05, 0.1) is 12.2 Å². The number of carbonyl (C=O) groups is 2. The summed E-state index contributed by atoms with van der Waals surface area (Å²) in [4.78, 5) is 23.1. The Labute approximate surface area is 131 Å². The van der Waals surface area contributed by atoms with Crippen LogP contribution in [0.3, 0.4) is 0 Å². The Balaban J connectivity index is 2.54. The Morgan fingerprint density at radius 1 is 1.18 bits per heavy atom. The van der Waals surface area contributed by atoms with Gasteiger partial charge in [0.2, 0.25) is 0 Å². The standard InChI is InChI=1S/C16H24N2O4/c1-6-21-14(19)13-9-7-12(8-10-13)11(2)17-18-15(20)22-16(3,4)5/h7-11,17H,6H2,1-5H3,(H,18,20)/t11-/m0/s1. The molecule has 0 aliphatic carbocycles. The number of ether oxygens (including phenoxy) is 2. The topological polar surface area (TPSA) is 76.7 Å². The molecule has 1 aromatic rings. The van der Waals surface area contributed by atoms with Crippen molar-refractivity contribution in [1.82, 2.24) is 10.9 Å². The number of hydrazine groups is 1. The van der Waals surface area contributed by atoms with Gasteiger partial charge in [-0.25, -0.2) is 15.0 Å². The molecule has 1 rings (SSSR count). The maximum absolute atomic E-state index is 11.6. The minimum Gasteiger partial charge on any atom is -0.462 e. The van der Waals surface area contributed by atoms with E-state index in [1.165, 1.54) is 0 Å². The van der Waals surface area contributed by atoms with Gasteiger partial charge < -0.3 is 9.47 Å². The fraction of sp³-hybridized carbons (Fsp3) is 0.500. The van der Waals surface area contributed by atoms with Gasteiger partial charge in [0.1, 0.15) is 5.60 Å². The first-order chi connectivity index (χ1) is 10.2. The lowest BCUT2D eigenvalue weighted by Gasteiger charge is -2.21. The Bertz CT molecular complexity index is 506. The van der Waals surface area contributed by atoms with Gasteiger partial charge in [-0.2, -0.15) is 0 Å². The number of esters is 1. The van der Waals surface area contributed by atoms with Crippen molar-refractivity contribution in [1.29, 1.82) is 0 Å². The first-order valence-corrected chi connectivity index (χ1v) is 7.24. The summed E-state index contributed by atoms with van der Waals surface area (Å²) in [7, 11) is 0. The van der Waals surface area contributed by atoms with Crippen LogP contribution < -0.4 is 10.9 Å². The highest BCUT2D eigenvalue weighted by Crippen LogP contribution is 2.13. The van der Waals surface area contributed by atoms with Crippen molar-refractivity contribution in [3.05, 3.63) is 35.4 Å². The number of nitrogens with one attached hydrogen (secondary N) is 2. The lowest BCUT2D eigenvalue weighted by atomic mass is 10.1. The van der Waals surface area contributed by atoms with E-state index in [0.29, 0.717) is 12.2 Å². The lowest BCUT2D eigenvalue weighted by molar-refractivity contribution is 0.0487. The maximum atomic E-state index is 11.6.